The summed E-state index contributed by atoms with van der Waals surface area (Å²) in [5.41, 5.74) is 8.58. The van der Waals surface area contributed by atoms with E-state index in [2.05, 4.69) is 52.8 Å². The van der Waals surface area contributed by atoms with Crippen LogP contribution in [0.25, 0.3) is 0 Å². The van der Waals surface area contributed by atoms with Gasteiger partial charge in [0.25, 0.3) is 0 Å². The predicted octanol–water partition coefficient (Wildman–Crippen LogP) is 3.95. The fourth-order valence-corrected chi connectivity index (χ4v) is 2.34. The topological polar surface area (TPSA) is 35.2 Å². The minimum absolute atomic E-state index is 0.281. The van der Waals surface area contributed by atoms with Crippen LogP contribution in [0.1, 0.15) is 45.2 Å². The Bertz CT molecular complexity index is 385. The largest absolute Gasteiger partial charge is 0.493 e. The lowest BCUT2D eigenvalue weighted by molar-refractivity contribution is 0.271. The van der Waals surface area contributed by atoms with E-state index in [4.69, 9.17) is 10.5 Å². The number of aryl methyl sites for hydroxylation is 1. The third-order valence-corrected chi connectivity index (χ3v) is 3.24. The van der Waals surface area contributed by atoms with Crippen molar-refractivity contribution in [2.24, 2.45) is 17.6 Å². The van der Waals surface area contributed by atoms with Crippen LogP contribution in [-0.2, 0) is 6.42 Å². The van der Waals surface area contributed by atoms with Crippen LogP contribution in [0, 0.1) is 18.8 Å². The highest BCUT2D eigenvalue weighted by molar-refractivity contribution is 5.35. The Balaban J connectivity index is 2.61. The molecule has 0 aliphatic carbocycles. The predicted molar refractivity (Wildman–Crippen MR) is 82.6 cm³/mol. The second-order valence-corrected chi connectivity index (χ2v) is 6.32. The first-order chi connectivity index (χ1) is 8.88. The maximum absolute atomic E-state index is 5.86. The fraction of sp³-hybridized carbons (Fsp3) is 0.647. The van der Waals surface area contributed by atoms with Crippen LogP contribution in [0.4, 0.5) is 0 Å². The summed E-state index contributed by atoms with van der Waals surface area (Å²) in [6.45, 7) is 11.6. The van der Waals surface area contributed by atoms with E-state index in [1.807, 2.05) is 0 Å². The highest BCUT2D eigenvalue weighted by Gasteiger charge is 2.09. The molecule has 2 heteroatoms. The molecule has 19 heavy (non-hydrogen) atoms. The van der Waals surface area contributed by atoms with Gasteiger partial charge in [-0.3, -0.25) is 0 Å². The van der Waals surface area contributed by atoms with E-state index in [1.165, 1.54) is 11.1 Å². The van der Waals surface area contributed by atoms with Gasteiger partial charge in [-0.2, -0.15) is 0 Å². The number of hydrogen-bond acceptors (Lipinski definition) is 2. The van der Waals surface area contributed by atoms with Gasteiger partial charge >= 0.3 is 0 Å². The molecule has 0 heterocycles. The van der Waals surface area contributed by atoms with Gasteiger partial charge in [0.15, 0.2) is 0 Å². The van der Waals surface area contributed by atoms with Gasteiger partial charge in [-0.1, -0.05) is 26.8 Å². The van der Waals surface area contributed by atoms with E-state index >= 15 is 0 Å². The second-order valence-electron chi connectivity index (χ2n) is 6.32. The Labute approximate surface area is 118 Å². The van der Waals surface area contributed by atoms with E-state index in [1.54, 1.807) is 0 Å². The molecule has 1 rings (SSSR count). The van der Waals surface area contributed by atoms with Crippen molar-refractivity contribution in [3.05, 3.63) is 29.3 Å². The lowest BCUT2D eigenvalue weighted by Gasteiger charge is -2.16. The number of ether oxygens (including phenoxy) is 1. The van der Waals surface area contributed by atoms with Crippen molar-refractivity contribution in [1.29, 1.82) is 0 Å². The van der Waals surface area contributed by atoms with Crippen molar-refractivity contribution in [3.63, 3.8) is 0 Å². The molecule has 1 aromatic rings. The molecular formula is C17H29NO. The lowest BCUT2D eigenvalue weighted by Crippen LogP contribution is -2.19. The normalized spacial score (nSPS) is 14.5. The molecule has 2 atom stereocenters. The zero-order valence-corrected chi connectivity index (χ0v) is 13.1. The van der Waals surface area contributed by atoms with Gasteiger partial charge < -0.3 is 10.5 Å². The molecule has 0 aliphatic heterocycles. The molecule has 0 saturated heterocycles. The Hall–Kier alpha value is -1.02. The molecule has 0 aliphatic rings. The summed E-state index contributed by atoms with van der Waals surface area (Å²) in [4.78, 5) is 0. The summed E-state index contributed by atoms with van der Waals surface area (Å²) in [5.74, 6) is 2.17. The monoisotopic (exact) mass is 263 g/mol. The van der Waals surface area contributed by atoms with E-state index in [9.17, 15) is 0 Å². The summed E-state index contributed by atoms with van der Waals surface area (Å²) < 4.78 is 5.75. The summed E-state index contributed by atoms with van der Waals surface area (Å²) in [5, 5.41) is 0. The quantitative estimate of drug-likeness (QED) is 0.808. The molecule has 0 aromatic heterocycles. The Morgan fingerprint density at radius 1 is 1.16 bits per heavy atom. The van der Waals surface area contributed by atoms with Crippen molar-refractivity contribution in [1.82, 2.24) is 0 Å². The van der Waals surface area contributed by atoms with Crippen molar-refractivity contribution >= 4 is 0 Å². The molecule has 0 saturated carbocycles. The molecule has 108 valence electrons. The van der Waals surface area contributed by atoms with Gasteiger partial charge in [0.1, 0.15) is 5.75 Å². The van der Waals surface area contributed by atoms with Crippen molar-refractivity contribution in [3.8, 4) is 5.75 Å². The molecule has 0 bridgehead atoms. The van der Waals surface area contributed by atoms with Crippen LogP contribution in [-0.4, -0.2) is 12.6 Å². The molecule has 2 nitrogen and oxygen atoms in total. The van der Waals surface area contributed by atoms with Crippen LogP contribution in [0.3, 0.4) is 0 Å². The molecule has 0 radical (unpaired) electrons. The average molecular weight is 263 g/mol. The van der Waals surface area contributed by atoms with Gasteiger partial charge in [-0.05, 0) is 61.8 Å². The highest BCUT2D eigenvalue weighted by Crippen LogP contribution is 2.21. The zero-order valence-electron chi connectivity index (χ0n) is 13.1. The first-order valence-electron chi connectivity index (χ1n) is 7.36. The maximum Gasteiger partial charge on any atom is 0.119 e. The smallest absolute Gasteiger partial charge is 0.119 e. The standard InChI is InChI=1S/C17H29NO/c1-12(2)11-19-17-7-6-16(14(4)10-17)9-13(3)8-15(5)18/h6-7,10,12-13,15H,8-9,11,18H2,1-5H3. The van der Waals surface area contributed by atoms with Crippen LogP contribution in [0.15, 0.2) is 18.2 Å². The van der Waals surface area contributed by atoms with Gasteiger partial charge in [-0.25, -0.2) is 0 Å². The van der Waals surface area contributed by atoms with Crippen molar-refractivity contribution < 1.29 is 4.74 Å². The third-order valence-electron chi connectivity index (χ3n) is 3.24. The van der Waals surface area contributed by atoms with Crippen molar-refractivity contribution in [2.75, 3.05) is 6.61 Å². The lowest BCUT2D eigenvalue weighted by atomic mass is 9.93. The summed E-state index contributed by atoms with van der Waals surface area (Å²) in [7, 11) is 0. The number of benzene rings is 1. The van der Waals surface area contributed by atoms with E-state index < -0.39 is 0 Å². The second kappa shape index (κ2) is 7.54. The van der Waals surface area contributed by atoms with Crippen LogP contribution in [0.5, 0.6) is 5.75 Å². The molecule has 2 unspecified atom stereocenters. The highest BCUT2D eigenvalue weighted by atomic mass is 16.5. The zero-order chi connectivity index (χ0) is 14.4. The van der Waals surface area contributed by atoms with Crippen LogP contribution in [0.2, 0.25) is 0 Å². The molecule has 0 spiro atoms. The number of hydrogen-bond donors (Lipinski definition) is 1. The molecule has 0 fully saturated rings. The van der Waals surface area contributed by atoms with E-state index in [0.717, 1.165) is 25.2 Å². The van der Waals surface area contributed by atoms with Crippen molar-refractivity contribution in [2.45, 2.75) is 53.5 Å². The Morgan fingerprint density at radius 2 is 1.84 bits per heavy atom. The summed E-state index contributed by atoms with van der Waals surface area (Å²) in [6.07, 6.45) is 2.17. The summed E-state index contributed by atoms with van der Waals surface area (Å²) >= 11 is 0. The van der Waals surface area contributed by atoms with Gasteiger partial charge in [-0.15, -0.1) is 0 Å². The van der Waals surface area contributed by atoms with Gasteiger partial charge in [0.05, 0.1) is 6.61 Å². The van der Waals surface area contributed by atoms with Crippen LogP contribution >= 0.6 is 0 Å². The van der Waals surface area contributed by atoms with Gasteiger partial charge in [0.2, 0.25) is 0 Å². The number of nitrogens with two attached hydrogens (primary N) is 1. The average Bonchev–Trinajstić information content (AvgIpc) is 2.28. The molecule has 0 amide bonds. The molecule has 2 N–H and O–H groups in total. The molecule has 1 aromatic carbocycles. The minimum Gasteiger partial charge on any atom is -0.493 e. The first kappa shape index (κ1) is 16.0. The SMILES string of the molecule is Cc1cc(OCC(C)C)ccc1CC(C)CC(C)N. The van der Waals surface area contributed by atoms with Crippen LogP contribution < -0.4 is 10.5 Å². The van der Waals surface area contributed by atoms with E-state index in [-0.39, 0.29) is 6.04 Å². The minimum atomic E-state index is 0.281. The molecular weight excluding hydrogens is 234 g/mol. The van der Waals surface area contributed by atoms with Gasteiger partial charge in [0, 0.05) is 6.04 Å². The Morgan fingerprint density at radius 3 is 2.37 bits per heavy atom. The fourth-order valence-electron chi connectivity index (χ4n) is 2.34. The van der Waals surface area contributed by atoms with E-state index in [0.29, 0.717) is 11.8 Å². The third kappa shape index (κ3) is 6.11. The first-order valence-corrected chi connectivity index (χ1v) is 7.36. The summed E-state index contributed by atoms with van der Waals surface area (Å²) in [6, 6.07) is 6.71. The maximum atomic E-state index is 5.86. The number of rotatable bonds is 7. The Kier molecular flexibility index (Phi) is 6.36.